The van der Waals surface area contributed by atoms with E-state index in [-0.39, 0.29) is 5.75 Å². The van der Waals surface area contributed by atoms with Crippen molar-refractivity contribution >= 4 is 87.7 Å². The summed E-state index contributed by atoms with van der Waals surface area (Å²) in [6.45, 7) is 0. The first kappa shape index (κ1) is 16.2. The van der Waals surface area contributed by atoms with Gasteiger partial charge in [-0.15, -0.1) is 10.2 Å². The highest BCUT2D eigenvalue weighted by molar-refractivity contribution is 9.11. The second-order valence-electron chi connectivity index (χ2n) is 3.42. The highest BCUT2D eigenvalue weighted by Crippen LogP contribution is 2.37. The van der Waals surface area contributed by atoms with Crippen molar-refractivity contribution < 1.29 is 9.90 Å². The SMILES string of the molecule is O=C(O)CSc1nnc(Nc2c(Br)cc(Br)cc2Br)s1. The highest BCUT2D eigenvalue weighted by atomic mass is 79.9. The largest absolute Gasteiger partial charge is 0.481 e. The maximum Gasteiger partial charge on any atom is 0.313 e. The molecule has 1 heterocycles. The van der Waals surface area contributed by atoms with Gasteiger partial charge in [0.15, 0.2) is 4.34 Å². The number of rotatable bonds is 5. The van der Waals surface area contributed by atoms with Gasteiger partial charge in [0.2, 0.25) is 5.13 Å². The molecule has 0 saturated carbocycles. The first-order valence-corrected chi connectivity index (χ1v) is 9.23. The van der Waals surface area contributed by atoms with Crippen LogP contribution in [0.4, 0.5) is 10.8 Å². The number of aromatic nitrogens is 2. The van der Waals surface area contributed by atoms with Crippen LogP contribution in [0.25, 0.3) is 0 Å². The van der Waals surface area contributed by atoms with E-state index in [0.717, 1.165) is 30.9 Å². The van der Waals surface area contributed by atoms with Gasteiger partial charge in [-0.25, -0.2) is 0 Å². The zero-order chi connectivity index (χ0) is 14.7. The number of aliphatic carboxylic acids is 1. The van der Waals surface area contributed by atoms with Crippen molar-refractivity contribution in [3.63, 3.8) is 0 Å². The molecular weight excluding hydrogens is 498 g/mol. The molecule has 2 N–H and O–H groups in total. The maximum absolute atomic E-state index is 10.5. The van der Waals surface area contributed by atoms with Crippen LogP contribution in [0.15, 0.2) is 29.9 Å². The number of carboxylic acids is 1. The van der Waals surface area contributed by atoms with Crippen molar-refractivity contribution in [1.82, 2.24) is 10.2 Å². The average molecular weight is 504 g/mol. The van der Waals surface area contributed by atoms with Gasteiger partial charge in [-0.3, -0.25) is 4.79 Å². The van der Waals surface area contributed by atoms with Gasteiger partial charge in [-0.1, -0.05) is 39.0 Å². The van der Waals surface area contributed by atoms with Crippen LogP contribution in [0.2, 0.25) is 0 Å². The Hall–Kier alpha value is -0.160. The first-order chi connectivity index (χ1) is 9.45. The van der Waals surface area contributed by atoms with Gasteiger partial charge >= 0.3 is 5.97 Å². The lowest BCUT2D eigenvalue weighted by atomic mass is 10.3. The van der Waals surface area contributed by atoms with Crippen LogP contribution in [0, 0.1) is 0 Å². The van der Waals surface area contributed by atoms with Gasteiger partial charge in [-0.2, -0.15) is 0 Å². The van der Waals surface area contributed by atoms with Crippen LogP contribution in [0.1, 0.15) is 0 Å². The molecule has 0 bridgehead atoms. The molecule has 1 aromatic carbocycles. The van der Waals surface area contributed by atoms with Crippen LogP contribution in [0.3, 0.4) is 0 Å². The Bertz CT molecular complexity index is 627. The maximum atomic E-state index is 10.5. The van der Waals surface area contributed by atoms with Crippen LogP contribution in [-0.4, -0.2) is 27.0 Å². The summed E-state index contributed by atoms with van der Waals surface area (Å²) in [6.07, 6.45) is 0. The molecule has 1 aromatic heterocycles. The molecule has 10 heteroatoms. The highest BCUT2D eigenvalue weighted by Gasteiger charge is 2.11. The van der Waals surface area contributed by atoms with Gasteiger partial charge in [0.1, 0.15) is 0 Å². The third-order valence-corrected chi connectivity index (χ3v) is 5.63. The van der Waals surface area contributed by atoms with Crippen molar-refractivity contribution in [3.05, 3.63) is 25.6 Å². The summed E-state index contributed by atoms with van der Waals surface area (Å²) in [4.78, 5) is 10.5. The predicted octanol–water partition coefficient (Wildman–Crippen LogP) is 4.75. The Balaban J connectivity index is 2.13. The molecule has 0 fully saturated rings. The van der Waals surface area contributed by atoms with Crippen LogP contribution in [0.5, 0.6) is 0 Å². The number of nitrogens with one attached hydrogen (secondary N) is 1. The standard InChI is InChI=1S/C10H6Br3N3O2S2/c11-4-1-5(12)8(6(13)2-4)14-9-15-16-10(20-9)19-3-7(17)18/h1-2H,3H2,(H,14,15)(H,17,18). The van der Waals surface area contributed by atoms with E-state index in [0.29, 0.717) is 9.47 Å². The Morgan fingerprint density at radius 1 is 1.30 bits per heavy atom. The Morgan fingerprint density at radius 2 is 1.95 bits per heavy atom. The second kappa shape index (κ2) is 7.21. The minimum absolute atomic E-state index is 0.0275. The number of anilines is 2. The molecule has 0 atom stereocenters. The van der Waals surface area contributed by atoms with Crippen LogP contribution >= 0.6 is 70.9 Å². The van der Waals surface area contributed by atoms with Crippen molar-refractivity contribution in [2.24, 2.45) is 0 Å². The zero-order valence-corrected chi connectivity index (χ0v) is 16.0. The fourth-order valence-electron chi connectivity index (χ4n) is 1.21. The molecule has 0 unspecified atom stereocenters. The molecule has 0 aliphatic rings. The van der Waals surface area contributed by atoms with E-state index in [1.54, 1.807) is 0 Å². The number of nitrogens with zero attached hydrogens (tertiary/aromatic N) is 2. The molecule has 0 spiro atoms. The topological polar surface area (TPSA) is 75.1 Å². The van der Waals surface area contributed by atoms with Crippen molar-refractivity contribution in [3.8, 4) is 0 Å². The van der Waals surface area contributed by atoms with Crippen LogP contribution in [-0.2, 0) is 4.79 Å². The molecule has 0 aliphatic carbocycles. The predicted molar refractivity (Wildman–Crippen MR) is 91.1 cm³/mol. The molecule has 0 radical (unpaired) electrons. The Morgan fingerprint density at radius 3 is 2.55 bits per heavy atom. The molecule has 0 aliphatic heterocycles. The summed E-state index contributed by atoms with van der Waals surface area (Å²) in [6, 6.07) is 3.82. The summed E-state index contributed by atoms with van der Waals surface area (Å²) >= 11 is 12.8. The molecular formula is C10H6Br3N3O2S2. The van der Waals surface area contributed by atoms with E-state index < -0.39 is 5.97 Å². The number of carbonyl (C=O) groups is 1. The second-order valence-corrected chi connectivity index (χ2v) is 8.25. The van der Waals surface area contributed by atoms with Gasteiger partial charge in [0.25, 0.3) is 0 Å². The van der Waals surface area contributed by atoms with Gasteiger partial charge in [0.05, 0.1) is 11.4 Å². The number of thioether (sulfide) groups is 1. The third-order valence-electron chi connectivity index (χ3n) is 1.96. The van der Waals surface area contributed by atoms with Crippen molar-refractivity contribution in [1.29, 1.82) is 0 Å². The minimum atomic E-state index is -0.877. The van der Waals surface area contributed by atoms with E-state index in [2.05, 4.69) is 63.3 Å². The summed E-state index contributed by atoms with van der Waals surface area (Å²) in [5.74, 6) is -0.904. The molecule has 2 rings (SSSR count). The summed E-state index contributed by atoms with van der Waals surface area (Å²) in [7, 11) is 0. The first-order valence-electron chi connectivity index (χ1n) is 5.05. The minimum Gasteiger partial charge on any atom is -0.481 e. The number of benzene rings is 1. The normalized spacial score (nSPS) is 10.6. The van der Waals surface area contributed by atoms with Crippen LogP contribution < -0.4 is 5.32 Å². The average Bonchev–Trinajstić information content (AvgIpc) is 2.79. The van der Waals surface area contributed by atoms with E-state index in [4.69, 9.17) is 5.11 Å². The fraction of sp³-hybridized carbons (Fsp3) is 0.100. The van der Waals surface area contributed by atoms with E-state index in [9.17, 15) is 4.79 Å². The lowest BCUT2D eigenvalue weighted by Crippen LogP contribution is -1.96. The number of carboxylic acid groups (broad SMARTS) is 1. The lowest BCUT2D eigenvalue weighted by molar-refractivity contribution is -0.133. The third kappa shape index (κ3) is 4.42. The molecule has 5 nitrogen and oxygen atoms in total. The number of halogens is 3. The van der Waals surface area contributed by atoms with Gasteiger partial charge in [-0.05, 0) is 44.0 Å². The van der Waals surface area contributed by atoms with Crippen molar-refractivity contribution in [2.75, 3.05) is 11.1 Å². The molecule has 0 saturated heterocycles. The molecule has 20 heavy (non-hydrogen) atoms. The van der Waals surface area contributed by atoms with E-state index in [1.807, 2.05) is 12.1 Å². The smallest absolute Gasteiger partial charge is 0.313 e. The molecule has 106 valence electrons. The Labute approximate surface area is 147 Å². The van der Waals surface area contributed by atoms with E-state index in [1.165, 1.54) is 11.3 Å². The monoisotopic (exact) mass is 501 g/mol. The van der Waals surface area contributed by atoms with Gasteiger partial charge < -0.3 is 10.4 Å². The van der Waals surface area contributed by atoms with Gasteiger partial charge in [0, 0.05) is 13.4 Å². The Kier molecular flexibility index (Phi) is 5.84. The lowest BCUT2D eigenvalue weighted by Gasteiger charge is -2.08. The summed E-state index contributed by atoms with van der Waals surface area (Å²) < 4.78 is 3.29. The summed E-state index contributed by atoms with van der Waals surface area (Å²) in [5, 5.41) is 20.3. The van der Waals surface area contributed by atoms with Crippen molar-refractivity contribution in [2.45, 2.75) is 4.34 Å². The quantitative estimate of drug-likeness (QED) is 0.574. The number of hydrogen-bond acceptors (Lipinski definition) is 6. The zero-order valence-electron chi connectivity index (χ0n) is 9.56. The summed E-state index contributed by atoms with van der Waals surface area (Å²) in [5.41, 5.74) is 0.833. The molecule has 0 amide bonds. The number of hydrogen-bond donors (Lipinski definition) is 2. The molecule has 2 aromatic rings. The fourth-order valence-corrected chi connectivity index (χ4v) is 5.14. The van der Waals surface area contributed by atoms with E-state index >= 15 is 0 Å².